The second-order valence-electron chi connectivity index (χ2n) is 7.67. The van der Waals surface area contributed by atoms with Crippen molar-refractivity contribution in [3.63, 3.8) is 0 Å². The molecule has 5 nitrogen and oxygen atoms in total. The molecule has 1 aliphatic heterocycles. The summed E-state index contributed by atoms with van der Waals surface area (Å²) >= 11 is 13.5. The Bertz CT molecular complexity index is 1010. The first-order valence-corrected chi connectivity index (χ1v) is 10.4. The molecule has 28 heavy (non-hydrogen) atoms. The molecule has 0 atom stereocenters. The molecular formula is C21H21Cl2N5. The predicted octanol–water partition coefficient (Wildman–Crippen LogP) is 4.71. The van der Waals surface area contributed by atoms with E-state index in [1.54, 1.807) is 6.33 Å². The molecule has 2 aromatic heterocycles. The number of nitrogens with one attached hydrogen (secondary N) is 1. The molecule has 1 N–H and O–H groups in total. The van der Waals surface area contributed by atoms with Gasteiger partial charge in [0.2, 0.25) is 0 Å². The fourth-order valence-electron chi connectivity index (χ4n) is 4.47. The Morgan fingerprint density at radius 2 is 2.00 bits per heavy atom. The number of benzene rings is 1. The van der Waals surface area contributed by atoms with Crippen molar-refractivity contribution in [2.75, 3.05) is 0 Å². The second kappa shape index (κ2) is 7.14. The molecule has 1 fully saturated rings. The quantitative estimate of drug-likeness (QED) is 0.617. The molecule has 3 aromatic rings. The molecule has 5 rings (SSSR count). The molecule has 0 radical (unpaired) electrons. The minimum Gasteiger partial charge on any atom is -0.306 e. The molecule has 1 aliphatic carbocycles. The Morgan fingerprint density at radius 3 is 2.82 bits per heavy atom. The van der Waals surface area contributed by atoms with E-state index < -0.39 is 0 Å². The van der Waals surface area contributed by atoms with Crippen molar-refractivity contribution < 1.29 is 0 Å². The largest absolute Gasteiger partial charge is 0.306 e. The molecule has 0 spiro atoms. The lowest BCUT2D eigenvalue weighted by Crippen LogP contribution is -2.26. The van der Waals surface area contributed by atoms with E-state index in [9.17, 15) is 0 Å². The van der Waals surface area contributed by atoms with E-state index in [-0.39, 0.29) is 4.87 Å². The first-order valence-electron chi connectivity index (χ1n) is 9.67. The SMILES string of the molecule is Clc1cccnc1C1CCC(Cl)(c2ccc3c(c2)CNCc2nncn2-3)CC1. The van der Waals surface area contributed by atoms with Gasteiger partial charge in [-0.2, -0.15) is 0 Å². The number of hydrogen-bond acceptors (Lipinski definition) is 4. The highest BCUT2D eigenvalue weighted by molar-refractivity contribution is 6.31. The molecule has 0 bridgehead atoms. The summed E-state index contributed by atoms with van der Waals surface area (Å²) < 4.78 is 2.06. The Labute approximate surface area is 174 Å². The van der Waals surface area contributed by atoms with Crippen LogP contribution in [0.25, 0.3) is 5.69 Å². The summed E-state index contributed by atoms with van der Waals surface area (Å²) in [5.74, 6) is 1.31. The van der Waals surface area contributed by atoms with Gasteiger partial charge < -0.3 is 5.32 Å². The average molecular weight is 414 g/mol. The number of alkyl halides is 1. The first kappa shape index (κ1) is 18.1. The number of pyridine rings is 1. The fourth-order valence-corrected chi connectivity index (χ4v) is 5.08. The molecule has 0 unspecified atom stereocenters. The molecule has 2 aliphatic rings. The number of rotatable bonds is 2. The average Bonchev–Trinajstić information content (AvgIpc) is 3.10. The first-order chi connectivity index (χ1) is 13.6. The zero-order valence-electron chi connectivity index (χ0n) is 15.4. The Balaban J connectivity index is 1.40. The Morgan fingerprint density at radius 1 is 1.14 bits per heavy atom. The summed E-state index contributed by atoms with van der Waals surface area (Å²) in [7, 11) is 0. The predicted molar refractivity (Wildman–Crippen MR) is 110 cm³/mol. The molecule has 144 valence electrons. The number of aromatic nitrogens is 4. The van der Waals surface area contributed by atoms with Gasteiger partial charge in [-0.25, -0.2) is 0 Å². The summed E-state index contributed by atoms with van der Waals surface area (Å²) in [6, 6.07) is 10.4. The van der Waals surface area contributed by atoms with Gasteiger partial charge >= 0.3 is 0 Å². The van der Waals surface area contributed by atoms with E-state index >= 15 is 0 Å². The van der Waals surface area contributed by atoms with E-state index in [2.05, 4.69) is 43.3 Å². The third-order valence-electron chi connectivity index (χ3n) is 6.03. The second-order valence-corrected chi connectivity index (χ2v) is 8.80. The third-order valence-corrected chi connectivity index (χ3v) is 6.94. The molecule has 3 heterocycles. The highest BCUT2D eigenvalue weighted by Crippen LogP contribution is 2.48. The van der Waals surface area contributed by atoms with Crippen LogP contribution in [0.4, 0.5) is 0 Å². The van der Waals surface area contributed by atoms with Crippen molar-refractivity contribution in [1.82, 2.24) is 25.1 Å². The van der Waals surface area contributed by atoms with Gasteiger partial charge in [-0.3, -0.25) is 9.55 Å². The molecular weight excluding hydrogens is 393 g/mol. The third kappa shape index (κ3) is 3.11. The summed E-state index contributed by atoms with van der Waals surface area (Å²) in [5.41, 5.74) is 4.56. The summed E-state index contributed by atoms with van der Waals surface area (Å²) in [4.78, 5) is 4.17. The Kier molecular flexibility index (Phi) is 4.62. The van der Waals surface area contributed by atoms with Crippen LogP contribution in [0.1, 0.15) is 54.2 Å². The van der Waals surface area contributed by atoms with Crippen molar-refractivity contribution in [3.8, 4) is 5.69 Å². The van der Waals surface area contributed by atoms with Crippen LogP contribution >= 0.6 is 23.2 Å². The van der Waals surface area contributed by atoms with Crippen LogP contribution in [0.2, 0.25) is 5.02 Å². The topological polar surface area (TPSA) is 55.6 Å². The van der Waals surface area contributed by atoms with Crippen LogP contribution in [0, 0.1) is 0 Å². The van der Waals surface area contributed by atoms with Crippen molar-refractivity contribution >= 4 is 23.2 Å². The lowest BCUT2D eigenvalue weighted by atomic mass is 9.76. The smallest absolute Gasteiger partial charge is 0.151 e. The van der Waals surface area contributed by atoms with Gasteiger partial charge in [0.25, 0.3) is 0 Å². The number of hydrogen-bond donors (Lipinski definition) is 1. The minimum absolute atomic E-state index is 0.338. The van der Waals surface area contributed by atoms with Gasteiger partial charge in [0, 0.05) is 18.7 Å². The van der Waals surface area contributed by atoms with Gasteiger partial charge in [-0.15, -0.1) is 21.8 Å². The van der Waals surface area contributed by atoms with Crippen LogP contribution in [-0.4, -0.2) is 19.7 Å². The van der Waals surface area contributed by atoms with Crippen LogP contribution in [0.5, 0.6) is 0 Å². The van der Waals surface area contributed by atoms with Crippen molar-refractivity contribution in [2.45, 2.75) is 49.6 Å². The van der Waals surface area contributed by atoms with E-state index in [1.807, 2.05) is 18.3 Å². The zero-order chi connectivity index (χ0) is 19.1. The number of fused-ring (bicyclic) bond motifs is 3. The molecule has 1 aromatic carbocycles. The van der Waals surface area contributed by atoms with E-state index in [1.165, 1.54) is 11.1 Å². The number of halogens is 2. The van der Waals surface area contributed by atoms with Gasteiger partial charge in [-0.1, -0.05) is 23.7 Å². The maximum atomic E-state index is 7.15. The lowest BCUT2D eigenvalue weighted by Gasteiger charge is -2.36. The van der Waals surface area contributed by atoms with Crippen LogP contribution in [0.15, 0.2) is 42.9 Å². The summed E-state index contributed by atoms with van der Waals surface area (Å²) in [5, 5.41) is 12.4. The van der Waals surface area contributed by atoms with Gasteiger partial charge in [-0.05, 0) is 55.0 Å². The van der Waals surface area contributed by atoms with Crippen LogP contribution in [-0.2, 0) is 18.0 Å². The molecule has 0 amide bonds. The standard InChI is InChI=1S/C21H21Cl2N5/c22-17-2-1-9-25-20(17)14-5-7-21(23,8-6-14)16-3-4-18-15(10-16)11-24-12-19-27-26-13-28(18)19/h1-4,9-10,13-14,24H,5-8,11-12H2. The van der Waals surface area contributed by atoms with E-state index in [0.717, 1.165) is 54.5 Å². The number of nitrogens with zero attached hydrogens (tertiary/aromatic N) is 4. The van der Waals surface area contributed by atoms with Crippen molar-refractivity contribution in [2.24, 2.45) is 0 Å². The van der Waals surface area contributed by atoms with Crippen LogP contribution in [0.3, 0.4) is 0 Å². The normalized spacial score (nSPS) is 24.3. The maximum absolute atomic E-state index is 7.15. The van der Waals surface area contributed by atoms with Gasteiger partial charge in [0.05, 0.1) is 27.8 Å². The van der Waals surface area contributed by atoms with E-state index in [0.29, 0.717) is 12.5 Å². The fraction of sp³-hybridized carbons (Fsp3) is 0.381. The highest BCUT2D eigenvalue weighted by Gasteiger charge is 2.37. The maximum Gasteiger partial charge on any atom is 0.151 e. The van der Waals surface area contributed by atoms with Crippen molar-refractivity contribution in [1.29, 1.82) is 0 Å². The molecule has 7 heteroatoms. The molecule has 1 saturated carbocycles. The lowest BCUT2D eigenvalue weighted by molar-refractivity contribution is 0.355. The van der Waals surface area contributed by atoms with Crippen LogP contribution < -0.4 is 5.32 Å². The van der Waals surface area contributed by atoms with Gasteiger partial charge in [0.1, 0.15) is 6.33 Å². The highest BCUT2D eigenvalue weighted by atomic mass is 35.5. The van der Waals surface area contributed by atoms with E-state index in [4.69, 9.17) is 23.2 Å². The summed E-state index contributed by atoms with van der Waals surface area (Å²) in [6.45, 7) is 1.51. The zero-order valence-corrected chi connectivity index (χ0v) is 16.9. The monoisotopic (exact) mass is 413 g/mol. The van der Waals surface area contributed by atoms with Crippen molar-refractivity contribution in [3.05, 3.63) is 70.5 Å². The van der Waals surface area contributed by atoms with Gasteiger partial charge in [0.15, 0.2) is 5.82 Å². The minimum atomic E-state index is -0.338. The Hall–Kier alpha value is -1.95. The molecule has 0 saturated heterocycles. The summed E-state index contributed by atoms with van der Waals surface area (Å²) in [6.07, 6.45) is 7.41.